The van der Waals surface area contributed by atoms with Crippen LogP contribution in [0.2, 0.25) is 0 Å². The van der Waals surface area contributed by atoms with Crippen molar-refractivity contribution >= 4 is 11.6 Å². The Morgan fingerprint density at radius 3 is 2.67 bits per heavy atom. The topological polar surface area (TPSA) is 84.5 Å². The zero-order chi connectivity index (χ0) is 30.8. The van der Waals surface area contributed by atoms with Gasteiger partial charge in [-0.05, 0) is 68.8 Å². The third-order valence-electron chi connectivity index (χ3n) is 8.58. The van der Waals surface area contributed by atoms with Gasteiger partial charge in [-0.2, -0.15) is 0 Å². The van der Waals surface area contributed by atoms with Gasteiger partial charge >= 0.3 is 0 Å². The maximum Gasteiger partial charge on any atom is 0.225 e. The summed E-state index contributed by atoms with van der Waals surface area (Å²) in [5.74, 6) is 2.06. The third-order valence-corrected chi connectivity index (χ3v) is 8.58. The fourth-order valence-electron chi connectivity index (χ4n) is 6.08. The average molecular weight is 597 g/mol. The molecule has 0 bridgehead atoms. The first-order valence-corrected chi connectivity index (χ1v) is 15.6. The van der Waals surface area contributed by atoms with E-state index >= 15 is 0 Å². The number of hydrogen-bond acceptors (Lipinski definition) is 8. The number of ether oxygens (including phenoxy) is 4. The number of nitrogens with zero attached hydrogens (tertiary/aromatic N) is 2. The Morgan fingerprint density at radius 1 is 1.16 bits per heavy atom. The number of benzene rings is 2. The van der Waals surface area contributed by atoms with Crippen LogP contribution in [0.15, 0.2) is 42.5 Å². The SMILES string of the molecule is COCCCN1CCOc2ccc(CO[C@H]3CN[C@H](CC(C)(C)C(=O)NCCN(C)C)C[C@@H]3c3ccc(OC)cc3)cc21. The molecule has 3 atom stereocenters. The Balaban J connectivity index is 1.43. The van der Waals surface area contributed by atoms with Crippen molar-refractivity contribution in [1.29, 1.82) is 0 Å². The van der Waals surface area contributed by atoms with Crippen LogP contribution in [0.5, 0.6) is 11.5 Å². The molecule has 1 amide bonds. The highest BCUT2D eigenvalue weighted by molar-refractivity contribution is 5.81. The first-order valence-electron chi connectivity index (χ1n) is 15.6. The van der Waals surface area contributed by atoms with Crippen LogP contribution in [0, 0.1) is 5.41 Å². The highest BCUT2D eigenvalue weighted by atomic mass is 16.5. The molecule has 0 spiro atoms. The molecule has 0 radical (unpaired) electrons. The zero-order valence-corrected chi connectivity index (χ0v) is 27.0. The standard InChI is InChI=1S/C34H52N4O5/c1-34(2,33(39)35-14-16-37(3)4)22-27-21-29(26-9-11-28(41-6)12-10-26)32(23-36-27)43-24-25-8-13-31-30(20-25)38(17-19-42-31)15-7-18-40-5/h8-13,20,27,29,32,36H,7,14-19,21-24H2,1-6H3,(H,35,39)/t27-,29+,32-/m0/s1. The van der Waals surface area contributed by atoms with Crippen molar-refractivity contribution in [2.75, 3.05) is 79.2 Å². The van der Waals surface area contributed by atoms with Crippen LogP contribution in [-0.4, -0.2) is 97.2 Å². The third kappa shape index (κ3) is 9.32. The van der Waals surface area contributed by atoms with Gasteiger partial charge in [-0.1, -0.05) is 32.0 Å². The molecule has 1 fully saturated rings. The largest absolute Gasteiger partial charge is 0.497 e. The van der Waals surface area contributed by atoms with Crippen LogP contribution >= 0.6 is 0 Å². The fraction of sp³-hybridized carbons (Fsp3) is 0.618. The second-order valence-corrected chi connectivity index (χ2v) is 12.7. The van der Waals surface area contributed by atoms with Crippen LogP contribution in [-0.2, 0) is 20.9 Å². The van der Waals surface area contributed by atoms with Crippen molar-refractivity contribution in [3.63, 3.8) is 0 Å². The van der Waals surface area contributed by atoms with Gasteiger partial charge in [-0.25, -0.2) is 0 Å². The zero-order valence-electron chi connectivity index (χ0n) is 27.0. The van der Waals surface area contributed by atoms with E-state index in [1.807, 2.05) is 40.1 Å². The Hall–Kier alpha value is -2.85. The summed E-state index contributed by atoms with van der Waals surface area (Å²) < 4.78 is 23.3. The summed E-state index contributed by atoms with van der Waals surface area (Å²) in [5.41, 5.74) is 3.01. The minimum Gasteiger partial charge on any atom is -0.497 e. The Bertz CT molecular complexity index is 1160. The molecule has 238 valence electrons. The molecule has 1 saturated heterocycles. The summed E-state index contributed by atoms with van der Waals surface area (Å²) in [6.45, 7) is 10.1. The van der Waals surface area contributed by atoms with Gasteiger partial charge in [0.15, 0.2) is 0 Å². The van der Waals surface area contributed by atoms with E-state index in [9.17, 15) is 4.79 Å². The molecule has 2 aliphatic rings. The quantitative estimate of drug-likeness (QED) is 0.298. The highest BCUT2D eigenvalue weighted by Gasteiger charge is 2.37. The minimum atomic E-state index is -0.484. The number of nitrogens with one attached hydrogen (secondary N) is 2. The average Bonchev–Trinajstić information content (AvgIpc) is 3.00. The van der Waals surface area contributed by atoms with Crippen molar-refractivity contribution in [3.05, 3.63) is 53.6 Å². The number of anilines is 1. The number of fused-ring (bicyclic) bond motifs is 1. The molecule has 43 heavy (non-hydrogen) atoms. The van der Waals surface area contributed by atoms with E-state index in [4.69, 9.17) is 18.9 Å². The van der Waals surface area contributed by atoms with Gasteiger partial charge in [0, 0.05) is 57.3 Å². The molecule has 0 saturated carbocycles. The summed E-state index contributed by atoms with van der Waals surface area (Å²) in [7, 11) is 7.46. The molecule has 4 rings (SSSR count). The molecular formula is C34H52N4O5. The van der Waals surface area contributed by atoms with Gasteiger partial charge in [-0.3, -0.25) is 4.79 Å². The number of amides is 1. The van der Waals surface area contributed by atoms with Crippen LogP contribution in [0.25, 0.3) is 0 Å². The number of carbonyl (C=O) groups is 1. The lowest BCUT2D eigenvalue weighted by atomic mass is 9.77. The molecule has 2 aromatic carbocycles. The molecule has 0 aromatic heterocycles. The minimum absolute atomic E-state index is 0.00763. The highest BCUT2D eigenvalue weighted by Crippen LogP contribution is 2.37. The van der Waals surface area contributed by atoms with Gasteiger partial charge in [-0.15, -0.1) is 0 Å². The van der Waals surface area contributed by atoms with E-state index in [-0.39, 0.29) is 24.0 Å². The van der Waals surface area contributed by atoms with Gasteiger partial charge in [0.25, 0.3) is 0 Å². The van der Waals surface area contributed by atoms with E-state index in [2.05, 4.69) is 50.8 Å². The van der Waals surface area contributed by atoms with Crippen molar-refractivity contribution in [1.82, 2.24) is 15.5 Å². The summed E-state index contributed by atoms with van der Waals surface area (Å²) in [6, 6.07) is 14.9. The number of rotatable bonds is 15. The van der Waals surface area contributed by atoms with Gasteiger partial charge < -0.3 is 39.4 Å². The Morgan fingerprint density at radius 2 is 1.95 bits per heavy atom. The van der Waals surface area contributed by atoms with Crippen molar-refractivity contribution in [3.8, 4) is 11.5 Å². The van der Waals surface area contributed by atoms with E-state index in [0.29, 0.717) is 19.8 Å². The lowest BCUT2D eigenvalue weighted by Gasteiger charge is -2.40. The Kier molecular flexibility index (Phi) is 12.1. The van der Waals surface area contributed by atoms with Crippen LogP contribution in [0.4, 0.5) is 5.69 Å². The van der Waals surface area contributed by atoms with Crippen molar-refractivity contribution in [2.45, 2.75) is 57.8 Å². The number of methoxy groups -OCH3 is 2. The summed E-state index contributed by atoms with van der Waals surface area (Å²) in [6.07, 6.45) is 2.61. The molecule has 2 heterocycles. The number of hydrogen-bond donors (Lipinski definition) is 2. The van der Waals surface area contributed by atoms with Crippen LogP contribution in [0.3, 0.4) is 0 Å². The van der Waals surface area contributed by atoms with Crippen molar-refractivity contribution in [2.24, 2.45) is 5.41 Å². The lowest BCUT2D eigenvalue weighted by Crippen LogP contribution is -2.50. The molecular weight excluding hydrogens is 544 g/mol. The molecule has 2 aliphatic heterocycles. The first kappa shape index (κ1) is 33.1. The summed E-state index contributed by atoms with van der Waals surface area (Å²) in [4.78, 5) is 17.5. The normalized spacial score (nSPS) is 20.4. The Labute approximate surface area is 258 Å². The second kappa shape index (κ2) is 15.7. The molecule has 9 heteroatoms. The molecule has 2 N–H and O–H groups in total. The van der Waals surface area contributed by atoms with Crippen molar-refractivity contribution < 1.29 is 23.7 Å². The van der Waals surface area contributed by atoms with E-state index in [1.165, 1.54) is 5.56 Å². The van der Waals surface area contributed by atoms with Gasteiger partial charge in [0.1, 0.15) is 18.1 Å². The van der Waals surface area contributed by atoms with Crippen LogP contribution < -0.4 is 25.0 Å². The monoisotopic (exact) mass is 596 g/mol. The first-order chi connectivity index (χ1) is 20.7. The van der Waals surface area contributed by atoms with E-state index < -0.39 is 5.41 Å². The van der Waals surface area contributed by atoms with E-state index in [0.717, 1.165) is 74.8 Å². The van der Waals surface area contributed by atoms with Gasteiger partial charge in [0.2, 0.25) is 5.91 Å². The number of piperidine rings is 1. The maximum absolute atomic E-state index is 13.1. The summed E-state index contributed by atoms with van der Waals surface area (Å²) >= 11 is 0. The smallest absolute Gasteiger partial charge is 0.225 e. The molecule has 0 aliphatic carbocycles. The predicted molar refractivity (Wildman–Crippen MR) is 171 cm³/mol. The molecule has 2 aromatic rings. The van der Waals surface area contributed by atoms with Gasteiger partial charge in [0.05, 0.1) is 32.1 Å². The molecule has 0 unspecified atom stereocenters. The summed E-state index contributed by atoms with van der Waals surface area (Å²) in [5, 5.41) is 6.84. The van der Waals surface area contributed by atoms with Crippen LogP contribution in [0.1, 0.15) is 50.2 Å². The second-order valence-electron chi connectivity index (χ2n) is 12.7. The predicted octanol–water partition coefficient (Wildman–Crippen LogP) is 4.06. The molecule has 9 nitrogen and oxygen atoms in total. The maximum atomic E-state index is 13.1. The number of carbonyl (C=O) groups excluding carboxylic acids is 1. The number of likely N-dealkylation sites (N-methyl/N-ethyl adjacent to an activating group) is 1. The fourth-order valence-corrected chi connectivity index (χ4v) is 6.08. The lowest BCUT2D eigenvalue weighted by molar-refractivity contribution is -0.130. The van der Waals surface area contributed by atoms with E-state index in [1.54, 1.807) is 14.2 Å².